The number of rotatable bonds is 2. The first-order chi connectivity index (χ1) is 7.01. The summed E-state index contributed by atoms with van der Waals surface area (Å²) >= 11 is 1.49. The number of thiazole rings is 1. The van der Waals surface area contributed by atoms with Crippen molar-refractivity contribution in [1.82, 2.24) is 4.98 Å². The summed E-state index contributed by atoms with van der Waals surface area (Å²) in [4.78, 5) is 17.2. The number of anilines is 1. The Morgan fingerprint density at radius 1 is 1.50 bits per heavy atom. The van der Waals surface area contributed by atoms with Gasteiger partial charge in [0.15, 0.2) is 5.13 Å². The van der Waals surface area contributed by atoms with Crippen LogP contribution in [0.2, 0.25) is 0 Å². The summed E-state index contributed by atoms with van der Waals surface area (Å²) in [6.07, 6.45) is 2.60. The van der Waals surface area contributed by atoms with E-state index < -0.39 is 5.54 Å². The molecule has 0 unspecified atom stereocenters. The monoisotopic (exact) mass is 261 g/mol. The molecule has 1 aliphatic rings. The third kappa shape index (κ3) is 2.36. The van der Waals surface area contributed by atoms with Crippen molar-refractivity contribution in [1.29, 1.82) is 0 Å². The van der Waals surface area contributed by atoms with Crippen LogP contribution >= 0.6 is 23.7 Å². The SMILES string of the molecule is Cc1nc(NC(=O)C2(N)CCC2)sc1C.Cl. The maximum Gasteiger partial charge on any atom is 0.246 e. The average molecular weight is 262 g/mol. The summed E-state index contributed by atoms with van der Waals surface area (Å²) in [6, 6.07) is 0. The third-order valence-electron chi connectivity index (χ3n) is 2.95. The number of nitrogens with zero attached hydrogens (tertiary/aromatic N) is 1. The highest BCUT2D eigenvalue weighted by Gasteiger charge is 2.40. The maximum absolute atomic E-state index is 11.8. The normalized spacial score (nSPS) is 17.2. The molecule has 1 amide bonds. The highest BCUT2D eigenvalue weighted by molar-refractivity contribution is 7.15. The Balaban J connectivity index is 0.00000128. The van der Waals surface area contributed by atoms with Crippen LogP contribution < -0.4 is 11.1 Å². The standard InChI is InChI=1S/C10H15N3OS.ClH/c1-6-7(2)15-9(12-6)13-8(14)10(11)4-3-5-10;/h3-5,11H2,1-2H3,(H,12,13,14);1H. The first-order valence-electron chi connectivity index (χ1n) is 5.06. The van der Waals surface area contributed by atoms with Crippen LogP contribution in [-0.4, -0.2) is 16.4 Å². The van der Waals surface area contributed by atoms with Gasteiger partial charge in [-0.1, -0.05) is 0 Å². The minimum absolute atomic E-state index is 0. The number of carbonyl (C=O) groups is 1. The fourth-order valence-corrected chi connectivity index (χ4v) is 2.34. The van der Waals surface area contributed by atoms with Gasteiger partial charge in [0, 0.05) is 4.88 Å². The van der Waals surface area contributed by atoms with Crippen LogP contribution in [0, 0.1) is 13.8 Å². The Hall–Kier alpha value is -0.650. The lowest BCUT2D eigenvalue weighted by atomic mass is 9.77. The molecule has 0 saturated heterocycles. The van der Waals surface area contributed by atoms with Gasteiger partial charge in [0.1, 0.15) is 0 Å². The zero-order valence-corrected chi connectivity index (χ0v) is 11.0. The summed E-state index contributed by atoms with van der Waals surface area (Å²) in [5.74, 6) is -0.0949. The van der Waals surface area contributed by atoms with Gasteiger partial charge in [0.25, 0.3) is 0 Å². The van der Waals surface area contributed by atoms with E-state index in [0.29, 0.717) is 5.13 Å². The predicted molar refractivity (Wildman–Crippen MR) is 68.2 cm³/mol. The highest BCUT2D eigenvalue weighted by Crippen LogP contribution is 2.31. The first-order valence-corrected chi connectivity index (χ1v) is 5.87. The molecular weight excluding hydrogens is 246 g/mol. The van der Waals surface area contributed by atoms with Gasteiger partial charge in [0.05, 0.1) is 11.2 Å². The predicted octanol–water partition coefficient (Wildman–Crippen LogP) is 2.00. The summed E-state index contributed by atoms with van der Waals surface area (Å²) in [5, 5.41) is 3.45. The molecule has 0 radical (unpaired) electrons. The maximum atomic E-state index is 11.8. The molecule has 6 heteroatoms. The summed E-state index contributed by atoms with van der Waals surface area (Å²) < 4.78 is 0. The van der Waals surface area contributed by atoms with Crippen LogP contribution in [-0.2, 0) is 4.79 Å². The lowest BCUT2D eigenvalue weighted by molar-refractivity contribution is -0.123. The molecule has 0 atom stereocenters. The van der Waals surface area contributed by atoms with Gasteiger partial charge in [-0.25, -0.2) is 4.98 Å². The van der Waals surface area contributed by atoms with Crippen molar-refractivity contribution >= 4 is 34.8 Å². The molecule has 1 fully saturated rings. The Morgan fingerprint density at radius 3 is 2.50 bits per heavy atom. The number of amides is 1. The summed E-state index contributed by atoms with van der Waals surface area (Å²) in [6.45, 7) is 3.92. The number of hydrogen-bond acceptors (Lipinski definition) is 4. The van der Waals surface area contributed by atoms with Crippen LogP contribution in [0.1, 0.15) is 29.8 Å². The number of aryl methyl sites for hydroxylation is 2. The smallest absolute Gasteiger partial charge is 0.246 e. The number of carbonyl (C=O) groups excluding carboxylic acids is 1. The van der Waals surface area contributed by atoms with E-state index in [1.165, 1.54) is 11.3 Å². The first kappa shape index (κ1) is 13.4. The van der Waals surface area contributed by atoms with Crippen LogP contribution in [0.4, 0.5) is 5.13 Å². The Morgan fingerprint density at radius 2 is 2.12 bits per heavy atom. The molecule has 0 bridgehead atoms. The molecule has 1 aliphatic carbocycles. The van der Waals surface area contributed by atoms with E-state index in [-0.39, 0.29) is 18.3 Å². The number of nitrogens with two attached hydrogens (primary N) is 1. The van der Waals surface area contributed by atoms with Gasteiger partial charge in [-0.2, -0.15) is 0 Å². The van der Waals surface area contributed by atoms with Crippen LogP contribution in [0.25, 0.3) is 0 Å². The minimum Gasteiger partial charge on any atom is -0.317 e. The van der Waals surface area contributed by atoms with Gasteiger partial charge >= 0.3 is 0 Å². The molecule has 0 spiro atoms. The number of halogens is 1. The second kappa shape index (κ2) is 4.69. The molecule has 0 aliphatic heterocycles. The zero-order chi connectivity index (χ0) is 11.1. The van der Waals surface area contributed by atoms with Crippen molar-refractivity contribution in [3.05, 3.63) is 10.6 Å². The minimum atomic E-state index is -0.645. The van der Waals surface area contributed by atoms with E-state index in [0.717, 1.165) is 29.8 Å². The molecule has 2 rings (SSSR count). The lowest BCUT2D eigenvalue weighted by Gasteiger charge is -2.35. The number of nitrogens with one attached hydrogen (secondary N) is 1. The van der Waals surface area contributed by atoms with Gasteiger partial charge in [-0.05, 0) is 33.1 Å². The van der Waals surface area contributed by atoms with Gasteiger partial charge < -0.3 is 11.1 Å². The molecule has 1 saturated carbocycles. The third-order valence-corrected chi connectivity index (χ3v) is 3.94. The second-order valence-corrected chi connectivity index (χ2v) is 5.33. The van der Waals surface area contributed by atoms with Gasteiger partial charge in [-0.3, -0.25) is 4.79 Å². The molecule has 4 nitrogen and oxygen atoms in total. The lowest BCUT2D eigenvalue weighted by Crippen LogP contribution is -2.56. The van der Waals surface area contributed by atoms with Crippen molar-refractivity contribution in [3.8, 4) is 0 Å². The highest BCUT2D eigenvalue weighted by atomic mass is 35.5. The number of aromatic nitrogens is 1. The van der Waals surface area contributed by atoms with Gasteiger partial charge in [-0.15, -0.1) is 23.7 Å². The zero-order valence-electron chi connectivity index (χ0n) is 9.37. The topological polar surface area (TPSA) is 68.0 Å². The summed E-state index contributed by atoms with van der Waals surface area (Å²) in [5.41, 5.74) is 6.23. The molecule has 0 aromatic carbocycles. The number of hydrogen-bond donors (Lipinski definition) is 2. The van der Waals surface area contributed by atoms with Crippen LogP contribution in [0.3, 0.4) is 0 Å². The van der Waals surface area contributed by atoms with Crippen LogP contribution in [0.5, 0.6) is 0 Å². The fraction of sp³-hybridized carbons (Fsp3) is 0.600. The van der Waals surface area contributed by atoms with E-state index in [1.54, 1.807) is 0 Å². The van der Waals surface area contributed by atoms with E-state index in [9.17, 15) is 4.79 Å². The Kier molecular flexibility index (Phi) is 3.93. The van der Waals surface area contributed by atoms with E-state index in [2.05, 4.69) is 10.3 Å². The Labute approximate surface area is 105 Å². The van der Waals surface area contributed by atoms with E-state index in [1.807, 2.05) is 13.8 Å². The van der Waals surface area contributed by atoms with Gasteiger partial charge in [0.2, 0.25) is 5.91 Å². The van der Waals surface area contributed by atoms with E-state index >= 15 is 0 Å². The quantitative estimate of drug-likeness (QED) is 0.856. The fourth-order valence-electron chi connectivity index (χ4n) is 1.53. The van der Waals surface area contributed by atoms with Crippen molar-refractivity contribution in [3.63, 3.8) is 0 Å². The molecule has 1 aromatic rings. The second-order valence-electron chi connectivity index (χ2n) is 4.12. The molecule has 90 valence electrons. The largest absolute Gasteiger partial charge is 0.317 e. The van der Waals surface area contributed by atoms with Crippen molar-refractivity contribution in [2.75, 3.05) is 5.32 Å². The molecule has 3 N–H and O–H groups in total. The van der Waals surface area contributed by atoms with Crippen LogP contribution in [0.15, 0.2) is 0 Å². The average Bonchev–Trinajstić information content (AvgIpc) is 2.41. The molecule has 1 heterocycles. The van der Waals surface area contributed by atoms with Crippen molar-refractivity contribution < 1.29 is 4.79 Å². The van der Waals surface area contributed by atoms with Crippen molar-refractivity contribution in [2.45, 2.75) is 38.6 Å². The molecule has 16 heavy (non-hydrogen) atoms. The van der Waals surface area contributed by atoms with Crippen molar-refractivity contribution in [2.24, 2.45) is 5.73 Å². The Bertz CT molecular complexity index is 381. The molecule has 1 aromatic heterocycles. The van der Waals surface area contributed by atoms with E-state index in [4.69, 9.17) is 5.73 Å². The molecular formula is C10H16ClN3OS. The summed E-state index contributed by atoms with van der Waals surface area (Å²) in [7, 11) is 0.